The van der Waals surface area contributed by atoms with E-state index >= 15 is 0 Å². The van der Waals surface area contributed by atoms with Crippen LogP contribution in [0.15, 0.2) is 29.4 Å². The van der Waals surface area contributed by atoms with Gasteiger partial charge in [0.1, 0.15) is 12.0 Å². The fourth-order valence-electron chi connectivity index (χ4n) is 1.01. The Morgan fingerprint density at radius 1 is 1.43 bits per heavy atom. The minimum absolute atomic E-state index is 0.139. The quantitative estimate of drug-likeness (QED) is 0.756. The van der Waals surface area contributed by atoms with Gasteiger partial charge in [-0.3, -0.25) is 0 Å². The molecular formula is C8H5N3O3. The van der Waals surface area contributed by atoms with Gasteiger partial charge in [0.15, 0.2) is 17.8 Å². The number of rotatable bonds is 2. The van der Waals surface area contributed by atoms with Crippen molar-refractivity contribution in [1.82, 2.24) is 15.0 Å². The van der Waals surface area contributed by atoms with Crippen molar-refractivity contribution in [2.75, 3.05) is 0 Å². The zero-order valence-electron chi connectivity index (χ0n) is 6.91. The lowest BCUT2D eigenvalue weighted by molar-refractivity contribution is 0.0691. The van der Waals surface area contributed by atoms with Gasteiger partial charge in [0, 0.05) is 6.20 Å². The summed E-state index contributed by atoms with van der Waals surface area (Å²) in [5, 5.41) is 8.75. The molecule has 0 aliphatic heterocycles. The van der Waals surface area contributed by atoms with Crippen LogP contribution in [0.4, 0.5) is 0 Å². The maximum atomic E-state index is 10.7. The third-order valence-corrected chi connectivity index (χ3v) is 1.58. The second-order valence-corrected chi connectivity index (χ2v) is 2.43. The smallest absolute Gasteiger partial charge is 0.358 e. The van der Waals surface area contributed by atoms with Crippen molar-refractivity contribution in [2.24, 2.45) is 0 Å². The van der Waals surface area contributed by atoms with Gasteiger partial charge in [0.25, 0.3) is 0 Å². The van der Waals surface area contributed by atoms with E-state index in [1.165, 1.54) is 12.5 Å². The number of oxazole rings is 1. The summed E-state index contributed by atoms with van der Waals surface area (Å²) in [5.74, 6) is -1.01. The lowest BCUT2D eigenvalue weighted by atomic mass is 10.2. The van der Waals surface area contributed by atoms with E-state index in [-0.39, 0.29) is 11.5 Å². The van der Waals surface area contributed by atoms with E-state index in [0.29, 0.717) is 5.69 Å². The van der Waals surface area contributed by atoms with Crippen LogP contribution in [0.1, 0.15) is 10.5 Å². The van der Waals surface area contributed by atoms with Crippen molar-refractivity contribution >= 4 is 5.97 Å². The highest BCUT2D eigenvalue weighted by Crippen LogP contribution is 2.19. The Balaban J connectivity index is 2.52. The van der Waals surface area contributed by atoms with E-state index in [2.05, 4.69) is 15.0 Å². The van der Waals surface area contributed by atoms with Crippen LogP contribution in [-0.4, -0.2) is 26.0 Å². The average Bonchev–Trinajstić information content (AvgIpc) is 2.67. The molecule has 0 saturated carbocycles. The van der Waals surface area contributed by atoms with Gasteiger partial charge in [0.2, 0.25) is 0 Å². The largest absolute Gasteiger partial charge is 0.476 e. The van der Waals surface area contributed by atoms with Crippen LogP contribution in [0, 0.1) is 0 Å². The van der Waals surface area contributed by atoms with Crippen molar-refractivity contribution in [3.63, 3.8) is 0 Å². The van der Waals surface area contributed by atoms with Crippen LogP contribution >= 0.6 is 0 Å². The van der Waals surface area contributed by atoms with Crippen molar-refractivity contribution in [2.45, 2.75) is 0 Å². The van der Waals surface area contributed by atoms with E-state index in [1.807, 2.05) is 0 Å². The summed E-state index contributed by atoms with van der Waals surface area (Å²) >= 11 is 0. The summed E-state index contributed by atoms with van der Waals surface area (Å²) in [5.41, 5.74) is 0.249. The normalized spacial score (nSPS) is 10.0. The molecule has 2 aromatic rings. The van der Waals surface area contributed by atoms with E-state index in [1.54, 1.807) is 6.07 Å². The van der Waals surface area contributed by atoms with Gasteiger partial charge in [-0.25, -0.2) is 19.7 Å². The third-order valence-electron chi connectivity index (χ3n) is 1.58. The Hall–Kier alpha value is -2.24. The van der Waals surface area contributed by atoms with Crippen molar-refractivity contribution in [3.05, 3.63) is 30.7 Å². The highest BCUT2D eigenvalue weighted by atomic mass is 16.4. The predicted molar refractivity (Wildman–Crippen MR) is 44.5 cm³/mol. The molecule has 0 aromatic carbocycles. The first-order valence-corrected chi connectivity index (χ1v) is 3.72. The number of aromatic carboxylic acids is 1. The van der Waals surface area contributed by atoms with Crippen molar-refractivity contribution < 1.29 is 14.3 Å². The first-order chi connectivity index (χ1) is 6.79. The molecule has 70 valence electrons. The summed E-state index contributed by atoms with van der Waals surface area (Å²) < 4.78 is 4.93. The number of aromatic nitrogens is 3. The molecule has 0 aliphatic rings. The third kappa shape index (κ3) is 1.33. The van der Waals surface area contributed by atoms with Crippen molar-refractivity contribution in [1.29, 1.82) is 0 Å². The molecule has 1 N–H and O–H groups in total. The van der Waals surface area contributed by atoms with Gasteiger partial charge in [0.05, 0.1) is 0 Å². The fraction of sp³-hybridized carbons (Fsp3) is 0. The number of hydrogen-bond acceptors (Lipinski definition) is 5. The number of nitrogens with zero attached hydrogens (tertiary/aromatic N) is 3. The Morgan fingerprint density at radius 2 is 2.29 bits per heavy atom. The Bertz CT molecular complexity index is 452. The molecule has 6 nitrogen and oxygen atoms in total. The van der Waals surface area contributed by atoms with Gasteiger partial charge >= 0.3 is 5.97 Å². The molecule has 0 radical (unpaired) electrons. The van der Waals surface area contributed by atoms with E-state index in [4.69, 9.17) is 9.52 Å². The van der Waals surface area contributed by atoms with Gasteiger partial charge in [-0.1, -0.05) is 0 Å². The van der Waals surface area contributed by atoms with Crippen LogP contribution in [0.2, 0.25) is 0 Å². The Kier molecular flexibility index (Phi) is 1.94. The lowest BCUT2D eigenvalue weighted by Crippen LogP contribution is -1.99. The molecule has 0 unspecified atom stereocenters. The van der Waals surface area contributed by atoms with Crippen LogP contribution in [-0.2, 0) is 0 Å². The van der Waals surface area contributed by atoms with Crippen LogP contribution in [0.25, 0.3) is 11.5 Å². The van der Waals surface area contributed by atoms with Crippen molar-refractivity contribution in [3.8, 4) is 11.5 Å². The zero-order valence-corrected chi connectivity index (χ0v) is 6.91. The number of carbonyl (C=O) groups is 1. The highest BCUT2D eigenvalue weighted by molar-refractivity contribution is 5.91. The van der Waals surface area contributed by atoms with Crippen LogP contribution < -0.4 is 0 Å². The summed E-state index contributed by atoms with van der Waals surface area (Å²) in [6.07, 6.45) is 3.88. The monoisotopic (exact) mass is 191 g/mol. The number of carboxylic acids is 1. The number of hydrogen-bond donors (Lipinski definition) is 1. The predicted octanol–water partition coefficient (Wildman–Crippen LogP) is 0.830. The van der Waals surface area contributed by atoms with Gasteiger partial charge in [-0.15, -0.1) is 0 Å². The van der Waals surface area contributed by atoms with Gasteiger partial charge < -0.3 is 9.52 Å². The van der Waals surface area contributed by atoms with Crippen LogP contribution in [0.5, 0.6) is 0 Å². The standard InChI is InChI=1S/C8H5N3O3/c12-8(13)6-7(14-4-11-6)5-1-2-9-3-10-5/h1-4H,(H,12,13). The second kappa shape index (κ2) is 3.25. The van der Waals surface area contributed by atoms with Gasteiger partial charge in [-0.05, 0) is 6.07 Å². The second-order valence-electron chi connectivity index (χ2n) is 2.43. The zero-order chi connectivity index (χ0) is 9.97. The molecule has 6 heteroatoms. The molecule has 2 aromatic heterocycles. The summed E-state index contributed by atoms with van der Waals surface area (Å²) in [6.45, 7) is 0. The molecule has 0 fully saturated rings. The molecule has 0 atom stereocenters. The SMILES string of the molecule is O=C(O)c1ncoc1-c1ccncn1. The topological polar surface area (TPSA) is 89.1 Å². The van der Waals surface area contributed by atoms with E-state index < -0.39 is 5.97 Å². The molecule has 2 rings (SSSR count). The van der Waals surface area contributed by atoms with E-state index in [0.717, 1.165) is 6.39 Å². The maximum absolute atomic E-state index is 10.7. The maximum Gasteiger partial charge on any atom is 0.358 e. The fourth-order valence-corrected chi connectivity index (χ4v) is 1.01. The minimum atomic E-state index is -1.15. The summed E-state index contributed by atoms with van der Waals surface area (Å²) in [6, 6.07) is 1.55. The van der Waals surface area contributed by atoms with Gasteiger partial charge in [-0.2, -0.15) is 0 Å². The molecule has 2 heterocycles. The minimum Gasteiger partial charge on any atom is -0.476 e. The molecule has 0 bridgehead atoms. The molecule has 0 saturated heterocycles. The first kappa shape index (κ1) is 8.36. The molecule has 14 heavy (non-hydrogen) atoms. The highest BCUT2D eigenvalue weighted by Gasteiger charge is 2.17. The van der Waals surface area contributed by atoms with Crippen LogP contribution in [0.3, 0.4) is 0 Å². The Labute approximate surface area is 78.3 Å². The Morgan fingerprint density at radius 3 is 2.93 bits per heavy atom. The first-order valence-electron chi connectivity index (χ1n) is 3.72. The number of carboxylic acid groups (broad SMARTS) is 1. The average molecular weight is 191 g/mol. The molecule has 0 aliphatic carbocycles. The molecular weight excluding hydrogens is 186 g/mol. The summed E-state index contributed by atoms with van der Waals surface area (Å²) in [7, 11) is 0. The molecule has 0 amide bonds. The lowest BCUT2D eigenvalue weighted by Gasteiger charge is -1.94. The molecule has 0 spiro atoms. The van der Waals surface area contributed by atoms with E-state index in [9.17, 15) is 4.79 Å². The summed E-state index contributed by atoms with van der Waals surface area (Å²) in [4.78, 5) is 21.8.